The summed E-state index contributed by atoms with van der Waals surface area (Å²) in [6, 6.07) is 3.42. The molecular formula is C12H19NO3. The van der Waals surface area contributed by atoms with Crippen molar-refractivity contribution in [1.82, 2.24) is 5.32 Å². The lowest BCUT2D eigenvalue weighted by Gasteiger charge is -2.16. The van der Waals surface area contributed by atoms with E-state index in [0.29, 0.717) is 13.0 Å². The maximum Gasteiger partial charge on any atom is 0.323 e. The average Bonchev–Trinajstić information content (AvgIpc) is 2.70. The summed E-state index contributed by atoms with van der Waals surface area (Å²) in [5, 5.41) is 3.11. The Morgan fingerprint density at radius 1 is 1.56 bits per heavy atom. The van der Waals surface area contributed by atoms with Crippen LogP contribution in [0.1, 0.15) is 33.0 Å². The Kier molecular flexibility index (Phi) is 5.05. The summed E-state index contributed by atoms with van der Waals surface area (Å²) in [5.41, 5.74) is 0. The summed E-state index contributed by atoms with van der Waals surface area (Å²) in [6.07, 6.45) is 2.24. The van der Waals surface area contributed by atoms with Crippen molar-refractivity contribution in [3.05, 3.63) is 24.2 Å². The average molecular weight is 225 g/mol. The zero-order valence-corrected chi connectivity index (χ0v) is 10.0. The van der Waals surface area contributed by atoms with Gasteiger partial charge in [-0.25, -0.2) is 0 Å². The molecule has 0 aliphatic carbocycles. The Balaban J connectivity index is 2.39. The van der Waals surface area contributed by atoms with E-state index in [-0.39, 0.29) is 18.1 Å². The molecule has 1 unspecified atom stereocenters. The molecule has 0 radical (unpaired) electrons. The molecule has 0 saturated heterocycles. The number of nitrogens with one attached hydrogen (secondary N) is 1. The first-order chi connectivity index (χ1) is 7.63. The number of carbonyl (C=O) groups is 1. The largest absolute Gasteiger partial charge is 0.468 e. The highest BCUT2D eigenvalue weighted by Gasteiger charge is 2.18. The van der Waals surface area contributed by atoms with Gasteiger partial charge in [-0.1, -0.05) is 6.92 Å². The van der Waals surface area contributed by atoms with Crippen LogP contribution in [0.4, 0.5) is 0 Å². The molecule has 0 amide bonds. The van der Waals surface area contributed by atoms with E-state index in [9.17, 15) is 4.79 Å². The normalized spacial score (nSPS) is 12.8. The van der Waals surface area contributed by atoms with Crippen molar-refractivity contribution in [3.63, 3.8) is 0 Å². The van der Waals surface area contributed by atoms with E-state index in [0.717, 1.165) is 5.76 Å². The summed E-state index contributed by atoms with van der Waals surface area (Å²) < 4.78 is 10.3. The predicted octanol–water partition coefficient (Wildman–Crippen LogP) is 2.10. The van der Waals surface area contributed by atoms with Crippen LogP contribution in [0.2, 0.25) is 0 Å². The molecule has 16 heavy (non-hydrogen) atoms. The number of ether oxygens (including phenoxy) is 1. The topological polar surface area (TPSA) is 51.5 Å². The molecule has 1 aromatic heterocycles. The fourth-order valence-electron chi connectivity index (χ4n) is 1.35. The molecule has 1 atom stereocenters. The molecule has 1 aromatic rings. The summed E-state index contributed by atoms with van der Waals surface area (Å²) in [6.45, 7) is 6.17. The minimum Gasteiger partial charge on any atom is -0.468 e. The zero-order chi connectivity index (χ0) is 12.0. The SMILES string of the molecule is CCC(NCc1ccco1)C(=O)OC(C)C. The van der Waals surface area contributed by atoms with Crippen LogP contribution in [-0.2, 0) is 16.1 Å². The molecule has 4 nitrogen and oxygen atoms in total. The van der Waals surface area contributed by atoms with E-state index in [1.807, 2.05) is 32.9 Å². The van der Waals surface area contributed by atoms with Crippen molar-refractivity contribution in [1.29, 1.82) is 0 Å². The second-order valence-electron chi connectivity index (χ2n) is 3.91. The van der Waals surface area contributed by atoms with E-state index in [1.54, 1.807) is 6.26 Å². The Bertz CT molecular complexity index is 306. The van der Waals surface area contributed by atoms with Gasteiger partial charge in [0.05, 0.1) is 18.9 Å². The third-order valence-corrected chi connectivity index (χ3v) is 2.15. The quantitative estimate of drug-likeness (QED) is 0.753. The second kappa shape index (κ2) is 6.33. The van der Waals surface area contributed by atoms with Gasteiger partial charge in [0.25, 0.3) is 0 Å². The molecule has 0 saturated carbocycles. The van der Waals surface area contributed by atoms with Crippen LogP contribution in [0.15, 0.2) is 22.8 Å². The molecular weight excluding hydrogens is 206 g/mol. The first-order valence-corrected chi connectivity index (χ1v) is 5.59. The van der Waals surface area contributed by atoms with Crippen LogP contribution in [0, 0.1) is 0 Å². The molecule has 0 fully saturated rings. The lowest BCUT2D eigenvalue weighted by atomic mass is 10.2. The molecule has 4 heteroatoms. The minimum absolute atomic E-state index is 0.0769. The minimum atomic E-state index is -0.271. The Morgan fingerprint density at radius 3 is 2.81 bits per heavy atom. The third-order valence-electron chi connectivity index (χ3n) is 2.15. The summed E-state index contributed by atoms with van der Waals surface area (Å²) >= 11 is 0. The van der Waals surface area contributed by atoms with Gasteiger partial charge in [0.15, 0.2) is 0 Å². The van der Waals surface area contributed by atoms with Gasteiger partial charge in [0.1, 0.15) is 11.8 Å². The van der Waals surface area contributed by atoms with E-state index >= 15 is 0 Å². The van der Waals surface area contributed by atoms with Crippen LogP contribution in [0.3, 0.4) is 0 Å². The zero-order valence-electron chi connectivity index (χ0n) is 10.0. The smallest absolute Gasteiger partial charge is 0.323 e. The molecule has 0 spiro atoms. The first kappa shape index (κ1) is 12.8. The van der Waals surface area contributed by atoms with Crippen molar-refractivity contribution in [2.45, 2.75) is 45.9 Å². The maximum absolute atomic E-state index is 11.6. The van der Waals surface area contributed by atoms with Crippen LogP contribution in [0.25, 0.3) is 0 Å². The van der Waals surface area contributed by atoms with E-state index < -0.39 is 0 Å². The second-order valence-corrected chi connectivity index (χ2v) is 3.91. The van der Waals surface area contributed by atoms with Crippen LogP contribution in [-0.4, -0.2) is 18.1 Å². The number of hydrogen-bond acceptors (Lipinski definition) is 4. The van der Waals surface area contributed by atoms with E-state index in [1.165, 1.54) is 0 Å². The van der Waals surface area contributed by atoms with Crippen LogP contribution in [0.5, 0.6) is 0 Å². The van der Waals surface area contributed by atoms with Crippen LogP contribution < -0.4 is 5.32 Å². The third kappa shape index (κ3) is 4.06. The summed E-state index contributed by atoms with van der Waals surface area (Å²) in [7, 11) is 0. The van der Waals surface area contributed by atoms with Gasteiger partial charge in [-0.05, 0) is 32.4 Å². The number of carbonyl (C=O) groups excluding carboxylic acids is 1. The fraction of sp³-hybridized carbons (Fsp3) is 0.583. The van der Waals surface area contributed by atoms with Crippen molar-refractivity contribution in [2.24, 2.45) is 0 Å². The van der Waals surface area contributed by atoms with Gasteiger partial charge in [0, 0.05) is 0 Å². The molecule has 0 bridgehead atoms. The van der Waals surface area contributed by atoms with Crippen molar-refractivity contribution >= 4 is 5.97 Å². The molecule has 0 aromatic carbocycles. The number of hydrogen-bond donors (Lipinski definition) is 1. The van der Waals surface area contributed by atoms with E-state index in [4.69, 9.17) is 9.15 Å². The van der Waals surface area contributed by atoms with Gasteiger partial charge in [-0.2, -0.15) is 0 Å². The van der Waals surface area contributed by atoms with Crippen molar-refractivity contribution in [3.8, 4) is 0 Å². The molecule has 1 rings (SSSR count). The molecule has 90 valence electrons. The lowest BCUT2D eigenvalue weighted by Crippen LogP contribution is -2.38. The van der Waals surface area contributed by atoms with Gasteiger partial charge < -0.3 is 9.15 Å². The van der Waals surface area contributed by atoms with Crippen molar-refractivity contribution < 1.29 is 13.9 Å². The first-order valence-electron chi connectivity index (χ1n) is 5.59. The van der Waals surface area contributed by atoms with Gasteiger partial charge >= 0.3 is 5.97 Å². The number of furan rings is 1. The Hall–Kier alpha value is -1.29. The summed E-state index contributed by atoms with van der Waals surface area (Å²) in [5.74, 6) is 0.611. The van der Waals surface area contributed by atoms with E-state index in [2.05, 4.69) is 5.32 Å². The maximum atomic E-state index is 11.6. The standard InChI is InChI=1S/C12H19NO3/c1-4-11(12(14)16-9(2)3)13-8-10-6-5-7-15-10/h5-7,9,11,13H,4,8H2,1-3H3. The molecule has 1 N–H and O–H groups in total. The highest BCUT2D eigenvalue weighted by molar-refractivity contribution is 5.75. The van der Waals surface area contributed by atoms with Gasteiger partial charge in [-0.3, -0.25) is 10.1 Å². The predicted molar refractivity (Wildman–Crippen MR) is 60.9 cm³/mol. The van der Waals surface area contributed by atoms with Gasteiger partial charge in [-0.15, -0.1) is 0 Å². The van der Waals surface area contributed by atoms with Crippen LogP contribution >= 0.6 is 0 Å². The monoisotopic (exact) mass is 225 g/mol. The molecule has 0 aliphatic rings. The van der Waals surface area contributed by atoms with Gasteiger partial charge in [0.2, 0.25) is 0 Å². The Morgan fingerprint density at radius 2 is 2.31 bits per heavy atom. The van der Waals surface area contributed by atoms with Crippen molar-refractivity contribution in [2.75, 3.05) is 0 Å². The Labute approximate surface area is 96.0 Å². The number of esters is 1. The highest BCUT2D eigenvalue weighted by atomic mass is 16.5. The highest BCUT2D eigenvalue weighted by Crippen LogP contribution is 2.03. The fourth-order valence-corrected chi connectivity index (χ4v) is 1.35. The molecule has 0 aliphatic heterocycles. The summed E-state index contributed by atoms with van der Waals surface area (Å²) in [4.78, 5) is 11.6. The molecule has 1 heterocycles. The number of rotatable bonds is 6. The lowest BCUT2D eigenvalue weighted by molar-refractivity contribution is -0.150.